The third-order valence-electron chi connectivity index (χ3n) is 3.14. The first kappa shape index (κ1) is 14.3. The Labute approximate surface area is 127 Å². The molecule has 1 amide bonds. The van der Waals surface area contributed by atoms with E-state index in [-0.39, 0.29) is 5.91 Å². The van der Waals surface area contributed by atoms with E-state index in [4.69, 9.17) is 9.15 Å². The predicted molar refractivity (Wildman–Crippen MR) is 81.4 cm³/mol. The van der Waals surface area contributed by atoms with Crippen LogP contribution in [0.4, 0.5) is 11.6 Å². The highest BCUT2D eigenvalue weighted by atomic mass is 16.5. The number of rotatable bonds is 4. The summed E-state index contributed by atoms with van der Waals surface area (Å²) in [5.41, 5.74) is 0.547. The van der Waals surface area contributed by atoms with Gasteiger partial charge in [0.2, 0.25) is 11.9 Å². The van der Waals surface area contributed by atoms with Crippen LogP contribution in [0, 0.1) is 0 Å². The fourth-order valence-electron chi connectivity index (χ4n) is 2.04. The molecule has 0 atom stereocenters. The van der Waals surface area contributed by atoms with Crippen molar-refractivity contribution in [1.82, 2.24) is 9.97 Å². The molecule has 0 aromatic carbocycles. The zero-order chi connectivity index (χ0) is 15.2. The van der Waals surface area contributed by atoms with Gasteiger partial charge in [0.15, 0.2) is 0 Å². The number of nitrogens with zero attached hydrogens (tertiary/aromatic N) is 3. The second kappa shape index (κ2) is 6.86. The van der Waals surface area contributed by atoms with E-state index in [0.29, 0.717) is 30.6 Å². The molecule has 2 aromatic heterocycles. The number of aromatic nitrogens is 2. The molecule has 0 unspecified atom stereocenters. The highest BCUT2D eigenvalue weighted by Crippen LogP contribution is 2.12. The maximum Gasteiger partial charge on any atom is 0.248 e. The lowest BCUT2D eigenvalue weighted by Gasteiger charge is -2.26. The van der Waals surface area contributed by atoms with Gasteiger partial charge < -0.3 is 19.4 Å². The molecule has 2 aromatic rings. The minimum Gasteiger partial charge on any atom is -0.465 e. The third-order valence-corrected chi connectivity index (χ3v) is 3.14. The predicted octanol–water partition coefficient (Wildman–Crippen LogP) is 1.56. The normalized spacial score (nSPS) is 15.2. The van der Waals surface area contributed by atoms with Crippen LogP contribution in [0.5, 0.6) is 0 Å². The van der Waals surface area contributed by atoms with E-state index in [1.807, 2.05) is 4.90 Å². The molecule has 7 nitrogen and oxygen atoms in total. The van der Waals surface area contributed by atoms with Gasteiger partial charge in [0.25, 0.3) is 0 Å². The van der Waals surface area contributed by atoms with Crippen molar-refractivity contribution in [3.05, 3.63) is 42.6 Å². The molecule has 0 radical (unpaired) electrons. The Morgan fingerprint density at radius 3 is 2.73 bits per heavy atom. The lowest BCUT2D eigenvalue weighted by atomic mass is 10.4. The number of morpholine rings is 1. The maximum atomic E-state index is 11.8. The second-order valence-corrected chi connectivity index (χ2v) is 4.71. The van der Waals surface area contributed by atoms with Crippen molar-refractivity contribution in [3.63, 3.8) is 0 Å². The Morgan fingerprint density at radius 1 is 1.27 bits per heavy atom. The minimum absolute atomic E-state index is 0.265. The van der Waals surface area contributed by atoms with Crippen molar-refractivity contribution in [2.75, 3.05) is 36.5 Å². The topological polar surface area (TPSA) is 80.5 Å². The molecule has 1 saturated heterocycles. The Bertz CT molecular complexity index is 631. The van der Waals surface area contributed by atoms with E-state index in [1.54, 1.807) is 36.9 Å². The van der Waals surface area contributed by atoms with Crippen LogP contribution in [0.1, 0.15) is 5.76 Å². The second-order valence-electron chi connectivity index (χ2n) is 4.71. The fraction of sp³-hybridized carbons (Fsp3) is 0.267. The van der Waals surface area contributed by atoms with E-state index in [9.17, 15) is 4.79 Å². The molecule has 0 saturated carbocycles. The van der Waals surface area contributed by atoms with E-state index in [1.165, 1.54) is 6.08 Å². The largest absolute Gasteiger partial charge is 0.465 e. The van der Waals surface area contributed by atoms with E-state index in [0.717, 1.165) is 13.1 Å². The zero-order valence-corrected chi connectivity index (χ0v) is 11.9. The Kier molecular flexibility index (Phi) is 4.45. The Morgan fingerprint density at radius 2 is 2.05 bits per heavy atom. The number of hydrogen-bond acceptors (Lipinski definition) is 6. The van der Waals surface area contributed by atoms with E-state index < -0.39 is 0 Å². The monoisotopic (exact) mass is 300 g/mol. The molecule has 1 aliphatic heterocycles. The van der Waals surface area contributed by atoms with Crippen molar-refractivity contribution >= 4 is 23.6 Å². The highest BCUT2D eigenvalue weighted by Gasteiger charge is 2.13. The number of nitrogens with one attached hydrogen (secondary N) is 1. The number of anilines is 2. The number of ether oxygens (including phenoxy) is 1. The summed E-state index contributed by atoms with van der Waals surface area (Å²) < 4.78 is 10.4. The number of carbonyl (C=O) groups is 1. The molecule has 0 aliphatic carbocycles. The Balaban J connectivity index is 1.57. The first-order valence-corrected chi connectivity index (χ1v) is 6.98. The standard InChI is InChI=1S/C15H16N4O3/c20-14(4-3-13-2-1-7-22-13)18-12-10-16-15(17-11-12)19-5-8-21-9-6-19/h1-4,7,10-11H,5-6,8-9H2,(H,18,20)/b4-3+. The van der Waals surface area contributed by atoms with Crippen LogP contribution in [-0.4, -0.2) is 42.2 Å². The molecule has 3 heterocycles. The number of furan rings is 1. The van der Waals surface area contributed by atoms with Crippen molar-refractivity contribution in [2.45, 2.75) is 0 Å². The summed E-state index contributed by atoms with van der Waals surface area (Å²) in [4.78, 5) is 22.4. The molecular weight excluding hydrogens is 284 g/mol. The van der Waals surface area contributed by atoms with Crippen molar-refractivity contribution in [2.24, 2.45) is 0 Å². The average molecular weight is 300 g/mol. The fourth-order valence-corrected chi connectivity index (χ4v) is 2.04. The molecular formula is C15H16N4O3. The first-order chi connectivity index (χ1) is 10.8. The van der Waals surface area contributed by atoms with Gasteiger partial charge >= 0.3 is 0 Å². The quantitative estimate of drug-likeness (QED) is 0.863. The molecule has 7 heteroatoms. The summed E-state index contributed by atoms with van der Waals surface area (Å²) in [5, 5.41) is 2.70. The third kappa shape index (κ3) is 3.70. The van der Waals surface area contributed by atoms with Crippen molar-refractivity contribution < 1.29 is 13.9 Å². The van der Waals surface area contributed by atoms with Gasteiger partial charge in [-0.3, -0.25) is 4.79 Å². The van der Waals surface area contributed by atoms with Gasteiger partial charge in [-0.15, -0.1) is 0 Å². The van der Waals surface area contributed by atoms with Crippen LogP contribution < -0.4 is 10.2 Å². The van der Waals surface area contributed by atoms with Gasteiger partial charge in [0.05, 0.1) is 37.6 Å². The smallest absolute Gasteiger partial charge is 0.248 e. The van der Waals surface area contributed by atoms with E-state index in [2.05, 4.69) is 15.3 Å². The van der Waals surface area contributed by atoms with Gasteiger partial charge in [-0.1, -0.05) is 0 Å². The van der Waals surface area contributed by atoms with Gasteiger partial charge in [-0.05, 0) is 18.2 Å². The van der Waals surface area contributed by atoms with Crippen LogP contribution >= 0.6 is 0 Å². The van der Waals surface area contributed by atoms with Crippen molar-refractivity contribution in [1.29, 1.82) is 0 Å². The van der Waals surface area contributed by atoms with E-state index >= 15 is 0 Å². The SMILES string of the molecule is O=C(/C=C/c1ccco1)Nc1cnc(N2CCOCC2)nc1. The van der Waals surface area contributed by atoms with Crippen LogP contribution in [0.3, 0.4) is 0 Å². The van der Waals surface area contributed by atoms with Crippen LogP contribution in [0.25, 0.3) is 6.08 Å². The number of hydrogen-bond donors (Lipinski definition) is 1. The molecule has 1 N–H and O–H groups in total. The van der Waals surface area contributed by atoms with Gasteiger partial charge in [0.1, 0.15) is 5.76 Å². The molecule has 0 bridgehead atoms. The summed E-state index contributed by atoms with van der Waals surface area (Å²) in [6.07, 6.45) is 7.73. The van der Waals surface area contributed by atoms with Crippen molar-refractivity contribution in [3.8, 4) is 0 Å². The molecule has 114 valence electrons. The summed E-state index contributed by atoms with van der Waals surface area (Å²) in [6.45, 7) is 2.91. The average Bonchev–Trinajstić information content (AvgIpc) is 3.08. The van der Waals surface area contributed by atoms with Gasteiger partial charge in [0, 0.05) is 19.2 Å². The molecule has 3 rings (SSSR count). The lowest BCUT2D eigenvalue weighted by molar-refractivity contribution is -0.111. The number of carbonyl (C=O) groups excluding carboxylic acids is 1. The minimum atomic E-state index is -0.265. The lowest BCUT2D eigenvalue weighted by Crippen LogP contribution is -2.37. The van der Waals surface area contributed by atoms with Crippen LogP contribution in [-0.2, 0) is 9.53 Å². The summed E-state index contributed by atoms with van der Waals surface area (Å²) in [6, 6.07) is 3.53. The molecule has 1 fully saturated rings. The first-order valence-electron chi connectivity index (χ1n) is 6.98. The molecule has 1 aliphatic rings. The highest BCUT2D eigenvalue weighted by molar-refractivity contribution is 6.01. The molecule has 0 spiro atoms. The Hall–Kier alpha value is -2.67. The van der Waals surface area contributed by atoms with Crippen LogP contribution in [0.2, 0.25) is 0 Å². The molecule has 22 heavy (non-hydrogen) atoms. The summed E-state index contributed by atoms with van der Waals surface area (Å²) >= 11 is 0. The van der Waals surface area contributed by atoms with Gasteiger partial charge in [-0.2, -0.15) is 0 Å². The zero-order valence-electron chi connectivity index (χ0n) is 11.9. The number of amides is 1. The summed E-state index contributed by atoms with van der Waals surface area (Å²) in [5.74, 6) is 1.00. The van der Waals surface area contributed by atoms with Gasteiger partial charge in [-0.25, -0.2) is 9.97 Å². The maximum absolute atomic E-state index is 11.8. The summed E-state index contributed by atoms with van der Waals surface area (Å²) in [7, 11) is 0. The van der Waals surface area contributed by atoms with Crippen LogP contribution in [0.15, 0.2) is 41.3 Å².